The van der Waals surface area contributed by atoms with Gasteiger partial charge in [0.05, 0.1) is 0 Å². The van der Waals surface area contributed by atoms with Crippen LogP contribution in [0.15, 0.2) is 78.9 Å². The second kappa shape index (κ2) is 9.31. The third-order valence-corrected chi connectivity index (χ3v) is 4.96. The van der Waals surface area contributed by atoms with Crippen molar-refractivity contribution in [2.45, 2.75) is 13.3 Å². The van der Waals surface area contributed by atoms with E-state index >= 15 is 0 Å². The Hall–Kier alpha value is -2.69. The zero-order valence-electron chi connectivity index (χ0n) is 15.0. The van der Waals surface area contributed by atoms with Gasteiger partial charge in [-0.25, -0.2) is 4.98 Å². The van der Waals surface area contributed by atoms with Gasteiger partial charge in [0.1, 0.15) is 10.8 Å². The minimum absolute atomic E-state index is 0.741. The maximum Gasteiger partial charge on any atom is 0.144 e. The summed E-state index contributed by atoms with van der Waals surface area (Å²) in [4.78, 5) is 4.27. The summed E-state index contributed by atoms with van der Waals surface area (Å²) in [5.41, 5.74) is 10.1. The Kier molecular flexibility index (Phi) is 6.58. The molecular weight excluding hydrogens is 374 g/mol. The van der Waals surface area contributed by atoms with Gasteiger partial charge in [-0.3, -0.25) is 0 Å². The lowest BCUT2D eigenvalue weighted by Crippen LogP contribution is -1.89. The molecule has 4 rings (SSSR count). The van der Waals surface area contributed by atoms with Crippen molar-refractivity contribution in [1.29, 1.82) is 0 Å². The molecule has 0 spiro atoms. The molecule has 4 aromatic rings. The molecule has 3 aromatic carbocycles. The van der Waals surface area contributed by atoms with Crippen LogP contribution in [0, 0.1) is 6.92 Å². The van der Waals surface area contributed by atoms with Gasteiger partial charge < -0.3 is 5.73 Å². The average molecular weight is 394 g/mol. The summed E-state index contributed by atoms with van der Waals surface area (Å²) in [6.07, 6.45) is 0.973. The summed E-state index contributed by atoms with van der Waals surface area (Å²) in [5.74, 6) is 0.815. The van der Waals surface area contributed by atoms with Crippen molar-refractivity contribution >= 4 is 28.8 Å². The van der Waals surface area contributed by atoms with Gasteiger partial charge in [-0.2, -0.15) is 4.37 Å². The number of aryl methyl sites for hydroxylation is 1. The maximum absolute atomic E-state index is 5.77. The smallest absolute Gasteiger partial charge is 0.144 e. The van der Waals surface area contributed by atoms with Crippen LogP contribution in [0.1, 0.15) is 17.0 Å². The number of nitrogen functional groups attached to an aromatic ring is 1. The fraction of sp³-hybridized carbons (Fsp3) is 0.0909. The first kappa shape index (κ1) is 19.1. The van der Waals surface area contributed by atoms with E-state index in [0.29, 0.717) is 0 Å². The van der Waals surface area contributed by atoms with Crippen LogP contribution in [-0.2, 0) is 6.42 Å². The number of rotatable bonds is 3. The number of hydrogen-bond donors (Lipinski definition) is 1. The van der Waals surface area contributed by atoms with Gasteiger partial charge in [0.2, 0.25) is 0 Å². The summed E-state index contributed by atoms with van der Waals surface area (Å²) in [6, 6.07) is 26.1. The standard InChI is InChI=1S/C13H13N.C9H7ClN2S/c14-13-8-6-12(7-9-13)10-11-4-2-1-3-5-11;1-6-11-9(13-12-6)7-2-4-8(10)5-3-7/h1-9H,10,14H2;2-5H,1H3. The van der Waals surface area contributed by atoms with Crippen molar-refractivity contribution < 1.29 is 0 Å². The zero-order valence-corrected chi connectivity index (χ0v) is 16.5. The van der Waals surface area contributed by atoms with Crippen LogP contribution in [-0.4, -0.2) is 9.36 Å². The number of benzene rings is 3. The Morgan fingerprint density at radius 3 is 2.07 bits per heavy atom. The van der Waals surface area contributed by atoms with Gasteiger partial charge in [0.25, 0.3) is 0 Å². The highest BCUT2D eigenvalue weighted by atomic mass is 35.5. The van der Waals surface area contributed by atoms with Crippen LogP contribution in [0.4, 0.5) is 5.69 Å². The molecule has 27 heavy (non-hydrogen) atoms. The van der Waals surface area contributed by atoms with Gasteiger partial charge >= 0.3 is 0 Å². The van der Waals surface area contributed by atoms with E-state index in [1.54, 1.807) is 0 Å². The van der Waals surface area contributed by atoms with Crippen molar-refractivity contribution in [2.24, 2.45) is 0 Å². The van der Waals surface area contributed by atoms with E-state index < -0.39 is 0 Å². The minimum Gasteiger partial charge on any atom is -0.399 e. The third-order valence-electron chi connectivity index (χ3n) is 3.85. The van der Waals surface area contributed by atoms with Crippen LogP contribution in [0.25, 0.3) is 10.6 Å². The lowest BCUT2D eigenvalue weighted by Gasteiger charge is -2.01. The summed E-state index contributed by atoms with van der Waals surface area (Å²) in [7, 11) is 0. The fourth-order valence-electron chi connectivity index (χ4n) is 2.47. The maximum atomic E-state index is 5.77. The predicted octanol–water partition coefficient (Wildman–Crippen LogP) is 6.03. The molecule has 3 nitrogen and oxygen atoms in total. The first-order chi connectivity index (χ1) is 13.1. The van der Waals surface area contributed by atoms with E-state index in [9.17, 15) is 0 Å². The van der Waals surface area contributed by atoms with E-state index in [-0.39, 0.29) is 0 Å². The molecule has 1 heterocycles. The molecule has 0 aliphatic heterocycles. The highest BCUT2D eigenvalue weighted by molar-refractivity contribution is 7.09. The monoisotopic (exact) mass is 393 g/mol. The first-order valence-corrected chi connectivity index (χ1v) is 9.70. The molecule has 136 valence electrons. The molecule has 0 unspecified atom stereocenters. The molecule has 2 N–H and O–H groups in total. The van der Waals surface area contributed by atoms with Crippen molar-refractivity contribution in [2.75, 3.05) is 5.73 Å². The van der Waals surface area contributed by atoms with Crippen molar-refractivity contribution in [1.82, 2.24) is 9.36 Å². The normalized spacial score (nSPS) is 10.1. The molecule has 1 aromatic heterocycles. The second-order valence-corrected chi connectivity index (χ2v) is 7.25. The number of nitrogens with two attached hydrogens (primary N) is 1. The first-order valence-electron chi connectivity index (χ1n) is 8.55. The average Bonchev–Trinajstić information content (AvgIpc) is 3.12. The van der Waals surface area contributed by atoms with Crippen LogP contribution in [0.5, 0.6) is 0 Å². The SMILES string of the molecule is Cc1nsc(-c2ccc(Cl)cc2)n1.Nc1ccc(Cc2ccccc2)cc1. The molecule has 0 fully saturated rings. The van der Waals surface area contributed by atoms with Gasteiger partial charge in [-0.1, -0.05) is 66.2 Å². The van der Waals surface area contributed by atoms with Crippen molar-refractivity contribution in [3.05, 3.63) is 101 Å². The van der Waals surface area contributed by atoms with Gasteiger partial charge in [0.15, 0.2) is 0 Å². The quantitative estimate of drug-likeness (QED) is 0.432. The Bertz CT molecular complexity index is 965. The topological polar surface area (TPSA) is 51.8 Å². The lowest BCUT2D eigenvalue weighted by molar-refractivity contribution is 1.17. The second-order valence-electron chi connectivity index (χ2n) is 6.06. The van der Waals surface area contributed by atoms with Crippen LogP contribution < -0.4 is 5.73 Å². The zero-order chi connectivity index (χ0) is 19.1. The summed E-state index contributed by atoms with van der Waals surface area (Å²) in [6.45, 7) is 1.88. The number of hydrogen-bond acceptors (Lipinski definition) is 4. The lowest BCUT2D eigenvalue weighted by atomic mass is 10.1. The molecule has 0 atom stereocenters. The van der Waals surface area contributed by atoms with E-state index in [1.807, 2.05) is 49.4 Å². The number of aromatic nitrogens is 2. The largest absolute Gasteiger partial charge is 0.399 e. The highest BCUT2D eigenvalue weighted by Crippen LogP contribution is 2.22. The van der Waals surface area contributed by atoms with E-state index in [2.05, 4.69) is 45.8 Å². The summed E-state index contributed by atoms with van der Waals surface area (Å²) >= 11 is 7.18. The highest BCUT2D eigenvalue weighted by Gasteiger charge is 2.02. The van der Waals surface area contributed by atoms with Gasteiger partial charge in [-0.05, 0) is 60.3 Å². The molecule has 0 radical (unpaired) electrons. The van der Waals surface area contributed by atoms with Crippen molar-refractivity contribution in [3.63, 3.8) is 0 Å². The van der Waals surface area contributed by atoms with Crippen LogP contribution in [0.3, 0.4) is 0 Å². The number of nitrogens with zero attached hydrogens (tertiary/aromatic N) is 2. The predicted molar refractivity (Wildman–Crippen MR) is 115 cm³/mol. The van der Waals surface area contributed by atoms with E-state index in [0.717, 1.165) is 33.5 Å². The Balaban J connectivity index is 0.000000156. The Morgan fingerprint density at radius 1 is 0.852 bits per heavy atom. The number of halogens is 1. The number of anilines is 1. The fourth-order valence-corrected chi connectivity index (χ4v) is 3.27. The van der Waals surface area contributed by atoms with Gasteiger partial charge in [0, 0.05) is 16.3 Å². The molecule has 0 bridgehead atoms. The van der Waals surface area contributed by atoms with E-state index in [4.69, 9.17) is 17.3 Å². The summed E-state index contributed by atoms with van der Waals surface area (Å²) < 4.78 is 4.11. The van der Waals surface area contributed by atoms with E-state index in [1.165, 1.54) is 22.7 Å². The Labute approximate surface area is 168 Å². The Morgan fingerprint density at radius 2 is 1.48 bits per heavy atom. The summed E-state index contributed by atoms with van der Waals surface area (Å²) in [5, 5.41) is 1.68. The minimum atomic E-state index is 0.741. The molecule has 5 heteroatoms. The third kappa shape index (κ3) is 5.91. The van der Waals surface area contributed by atoms with Gasteiger partial charge in [-0.15, -0.1) is 0 Å². The molecular formula is C22H20ClN3S. The van der Waals surface area contributed by atoms with Crippen LogP contribution >= 0.6 is 23.1 Å². The molecule has 0 amide bonds. The molecule has 0 saturated carbocycles. The molecule has 0 aliphatic carbocycles. The van der Waals surface area contributed by atoms with Crippen molar-refractivity contribution in [3.8, 4) is 10.6 Å². The van der Waals surface area contributed by atoms with Crippen LogP contribution in [0.2, 0.25) is 5.02 Å². The molecule has 0 aliphatic rings. The molecule has 0 saturated heterocycles.